The van der Waals surface area contributed by atoms with Gasteiger partial charge >= 0.3 is 5.97 Å². The second kappa shape index (κ2) is 9.22. The monoisotopic (exact) mass is 276 g/mol. The Morgan fingerprint density at radius 3 is 2.39 bits per heavy atom. The number of carboxylic acid groups (broad SMARTS) is 1. The normalized spacial score (nSPS) is 14.3. The third-order valence-electron chi connectivity index (χ3n) is 2.64. The number of carbonyl (C=O) groups is 2. The standard InChI is InChI=1S/C12H24N2O3S/c1-8(2)6-9(7-13)11(15)14-10(12(16)17)4-5-18-3/h8-10H,4-7,13H2,1-3H3,(H,14,15)(H,16,17)/t9?,10-/m1/s1. The van der Waals surface area contributed by atoms with E-state index in [-0.39, 0.29) is 18.4 Å². The summed E-state index contributed by atoms with van der Waals surface area (Å²) in [6.45, 7) is 4.27. The Balaban J connectivity index is 4.41. The van der Waals surface area contributed by atoms with E-state index >= 15 is 0 Å². The summed E-state index contributed by atoms with van der Waals surface area (Å²) < 4.78 is 0. The number of amides is 1. The molecule has 0 aliphatic rings. The molecular formula is C12H24N2O3S. The van der Waals surface area contributed by atoms with Gasteiger partial charge in [0.25, 0.3) is 0 Å². The summed E-state index contributed by atoms with van der Waals surface area (Å²) >= 11 is 1.56. The van der Waals surface area contributed by atoms with E-state index in [1.165, 1.54) is 0 Å². The maximum atomic E-state index is 11.9. The lowest BCUT2D eigenvalue weighted by Gasteiger charge is -2.20. The van der Waals surface area contributed by atoms with Gasteiger partial charge in [-0.15, -0.1) is 0 Å². The molecule has 1 amide bonds. The summed E-state index contributed by atoms with van der Waals surface area (Å²) in [6, 6.07) is -0.814. The second-order valence-corrected chi connectivity index (χ2v) is 5.73. The molecule has 0 bridgehead atoms. The predicted octanol–water partition coefficient (Wildman–Crippen LogP) is 0.930. The quantitative estimate of drug-likeness (QED) is 0.582. The van der Waals surface area contributed by atoms with Crippen LogP contribution in [0, 0.1) is 11.8 Å². The van der Waals surface area contributed by atoms with Crippen LogP contribution in [0.1, 0.15) is 26.7 Å². The number of hydrogen-bond acceptors (Lipinski definition) is 4. The third-order valence-corrected chi connectivity index (χ3v) is 3.28. The molecule has 0 saturated carbocycles. The van der Waals surface area contributed by atoms with Crippen LogP contribution >= 0.6 is 11.8 Å². The lowest BCUT2D eigenvalue weighted by atomic mass is 9.96. The lowest BCUT2D eigenvalue weighted by molar-refractivity contribution is -0.142. The van der Waals surface area contributed by atoms with Crippen LogP contribution in [-0.2, 0) is 9.59 Å². The number of aliphatic carboxylic acids is 1. The number of hydrogen-bond donors (Lipinski definition) is 3. The molecule has 1 unspecified atom stereocenters. The summed E-state index contributed by atoms with van der Waals surface area (Å²) in [6.07, 6.45) is 3.01. The fourth-order valence-corrected chi connectivity index (χ4v) is 2.13. The van der Waals surface area contributed by atoms with Crippen molar-refractivity contribution >= 4 is 23.6 Å². The summed E-state index contributed by atoms with van der Waals surface area (Å²) in [5, 5.41) is 11.6. The molecule has 0 aromatic rings. The number of nitrogens with two attached hydrogens (primary N) is 1. The van der Waals surface area contributed by atoms with E-state index in [2.05, 4.69) is 5.32 Å². The first-order valence-electron chi connectivity index (χ1n) is 6.14. The summed E-state index contributed by atoms with van der Waals surface area (Å²) in [5.74, 6) is -0.480. The van der Waals surface area contributed by atoms with E-state index in [1.807, 2.05) is 20.1 Å². The van der Waals surface area contributed by atoms with Crippen LogP contribution < -0.4 is 11.1 Å². The molecule has 4 N–H and O–H groups in total. The molecule has 0 saturated heterocycles. The van der Waals surface area contributed by atoms with Gasteiger partial charge in [0.1, 0.15) is 6.04 Å². The molecule has 0 rings (SSSR count). The molecular weight excluding hydrogens is 252 g/mol. The van der Waals surface area contributed by atoms with Crippen LogP contribution in [0.15, 0.2) is 0 Å². The maximum absolute atomic E-state index is 11.9. The Morgan fingerprint density at radius 1 is 1.39 bits per heavy atom. The SMILES string of the molecule is CSCC[C@@H](NC(=O)C(CN)CC(C)C)C(=O)O. The summed E-state index contributed by atoms with van der Waals surface area (Å²) in [4.78, 5) is 22.9. The summed E-state index contributed by atoms with van der Waals surface area (Å²) in [7, 11) is 0. The van der Waals surface area contributed by atoms with Crippen LogP contribution in [0.25, 0.3) is 0 Å². The van der Waals surface area contributed by atoms with Gasteiger partial charge in [-0.25, -0.2) is 4.79 Å². The highest BCUT2D eigenvalue weighted by molar-refractivity contribution is 7.98. The Morgan fingerprint density at radius 2 is 2.00 bits per heavy atom. The lowest BCUT2D eigenvalue weighted by Crippen LogP contribution is -2.45. The van der Waals surface area contributed by atoms with E-state index in [4.69, 9.17) is 10.8 Å². The Labute approximate surface area is 113 Å². The van der Waals surface area contributed by atoms with Crippen molar-refractivity contribution in [2.24, 2.45) is 17.6 Å². The number of thioether (sulfide) groups is 1. The first kappa shape index (κ1) is 17.2. The highest BCUT2D eigenvalue weighted by Crippen LogP contribution is 2.11. The number of carboxylic acids is 1. The van der Waals surface area contributed by atoms with Crippen molar-refractivity contribution < 1.29 is 14.7 Å². The van der Waals surface area contributed by atoms with Crippen molar-refractivity contribution in [1.82, 2.24) is 5.32 Å². The molecule has 18 heavy (non-hydrogen) atoms. The van der Waals surface area contributed by atoms with Gasteiger partial charge in [0.15, 0.2) is 0 Å². The third kappa shape index (κ3) is 6.86. The van der Waals surface area contributed by atoms with E-state index in [9.17, 15) is 9.59 Å². The van der Waals surface area contributed by atoms with Crippen molar-refractivity contribution in [2.45, 2.75) is 32.7 Å². The van der Waals surface area contributed by atoms with Gasteiger partial charge in [0.05, 0.1) is 5.92 Å². The van der Waals surface area contributed by atoms with Crippen LogP contribution in [0.5, 0.6) is 0 Å². The second-order valence-electron chi connectivity index (χ2n) is 4.74. The smallest absolute Gasteiger partial charge is 0.326 e. The molecule has 0 spiro atoms. The zero-order chi connectivity index (χ0) is 14.1. The molecule has 2 atom stereocenters. The van der Waals surface area contributed by atoms with Gasteiger partial charge in [-0.05, 0) is 30.8 Å². The van der Waals surface area contributed by atoms with Gasteiger partial charge in [-0.2, -0.15) is 11.8 Å². The zero-order valence-electron chi connectivity index (χ0n) is 11.3. The van der Waals surface area contributed by atoms with E-state index in [1.54, 1.807) is 11.8 Å². The highest BCUT2D eigenvalue weighted by atomic mass is 32.2. The Kier molecular flexibility index (Phi) is 8.83. The average molecular weight is 276 g/mol. The Hall–Kier alpha value is -0.750. The Bertz CT molecular complexity index is 272. The van der Waals surface area contributed by atoms with E-state index < -0.39 is 12.0 Å². The van der Waals surface area contributed by atoms with Crippen LogP contribution in [0.2, 0.25) is 0 Å². The molecule has 5 nitrogen and oxygen atoms in total. The molecule has 0 heterocycles. The molecule has 0 aromatic carbocycles. The van der Waals surface area contributed by atoms with Crippen LogP contribution in [-0.4, -0.2) is 41.6 Å². The average Bonchev–Trinajstić information content (AvgIpc) is 2.30. The van der Waals surface area contributed by atoms with Crippen molar-refractivity contribution in [1.29, 1.82) is 0 Å². The topological polar surface area (TPSA) is 92.4 Å². The zero-order valence-corrected chi connectivity index (χ0v) is 12.1. The van der Waals surface area contributed by atoms with Crippen LogP contribution in [0.3, 0.4) is 0 Å². The van der Waals surface area contributed by atoms with Crippen LogP contribution in [0.4, 0.5) is 0 Å². The summed E-state index contributed by atoms with van der Waals surface area (Å²) in [5.41, 5.74) is 5.56. The van der Waals surface area contributed by atoms with Gasteiger partial charge in [-0.1, -0.05) is 13.8 Å². The van der Waals surface area contributed by atoms with Crippen molar-refractivity contribution in [3.63, 3.8) is 0 Å². The van der Waals surface area contributed by atoms with E-state index in [0.29, 0.717) is 24.5 Å². The molecule has 0 radical (unpaired) electrons. The van der Waals surface area contributed by atoms with Gasteiger partial charge in [0, 0.05) is 6.54 Å². The molecule has 0 aromatic heterocycles. The number of nitrogens with one attached hydrogen (secondary N) is 1. The highest BCUT2D eigenvalue weighted by Gasteiger charge is 2.24. The van der Waals surface area contributed by atoms with Gasteiger partial charge < -0.3 is 16.2 Å². The minimum Gasteiger partial charge on any atom is -0.480 e. The molecule has 0 aliphatic carbocycles. The minimum atomic E-state index is -0.988. The van der Waals surface area contributed by atoms with Crippen molar-refractivity contribution in [2.75, 3.05) is 18.6 Å². The molecule has 0 fully saturated rings. The number of rotatable bonds is 9. The van der Waals surface area contributed by atoms with Crippen molar-refractivity contribution in [3.05, 3.63) is 0 Å². The predicted molar refractivity (Wildman–Crippen MR) is 74.6 cm³/mol. The first-order valence-corrected chi connectivity index (χ1v) is 7.53. The fourth-order valence-electron chi connectivity index (χ4n) is 1.66. The van der Waals surface area contributed by atoms with Gasteiger partial charge in [-0.3, -0.25) is 4.79 Å². The molecule has 6 heteroatoms. The van der Waals surface area contributed by atoms with Crippen molar-refractivity contribution in [3.8, 4) is 0 Å². The largest absolute Gasteiger partial charge is 0.480 e. The van der Waals surface area contributed by atoms with Gasteiger partial charge in [0.2, 0.25) is 5.91 Å². The maximum Gasteiger partial charge on any atom is 0.326 e. The molecule has 106 valence electrons. The minimum absolute atomic E-state index is 0.249. The first-order chi connectivity index (χ1) is 8.42. The molecule has 0 aliphatic heterocycles. The van der Waals surface area contributed by atoms with E-state index in [0.717, 1.165) is 0 Å². The fraction of sp³-hybridized carbons (Fsp3) is 0.833. The number of carbonyl (C=O) groups excluding carboxylic acids is 1.